The Bertz CT molecular complexity index is 714. The number of thiocarbonyl (C=S) groups is 2. The van der Waals surface area contributed by atoms with E-state index in [0.29, 0.717) is 0 Å². The number of nitrogens with two attached hydrogens (primary N) is 2. The molecule has 11 heteroatoms. The summed E-state index contributed by atoms with van der Waals surface area (Å²) < 4.78 is 0. The molecule has 2 heterocycles. The van der Waals surface area contributed by atoms with Crippen LogP contribution in [0.5, 0.6) is 0 Å². The van der Waals surface area contributed by atoms with Gasteiger partial charge < -0.3 is 11.5 Å². The summed E-state index contributed by atoms with van der Waals surface area (Å²) in [4.78, 5) is 8.20. The van der Waals surface area contributed by atoms with E-state index in [0.717, 1.165) is 22.8 Å². The van der Waals surface area contributed by atoms with Crippen molar-refractivity contribution in [2.75, 3.05) is 0 Å². The minimum Gasteiger partial charge on any atom is -0.375 e. The Morgan fingerprint density at radius 2 is 1.19 bits per heavy atom. The molecule has 0 aromatic carbocycles. The normalized spacial score (nSPS) is 10.6. The molecule has 0 aliphatic carbocycles. The molecule has 0 aliphatic rings. The quantitative estimate of drug-likeness (QED) is 0.231. The van der Waals surface area contributed by atoms with Crippen molar-refractivity contribution in [1.29, 1.82) is 0 Å². The summed E-state index contributed by atoms with van der Waals surface area (Å²) in [5.74, 6) is 0. The number of hydrogen-bond acceptors (Lipinski definition) is 6. The van der Waals surface area contributed by atoms with Gasteiger partial charge in [0, 0.05) is 12.4 Å². The Hall–Kier alpha value is -2.34. The molecule has 0 bridgehead atoms. The van der Waals surface area contributed by atoms with Crippen LogP contribution in [-0.2, 0) is 0 Å². The molecule has 0 saturated heterocycles. The minimum atomic E-state index is 0. The standard InChI is InChI=1S/2C8H10N4S.Ga/c2*1-6(11-12-8(9)13)7-4-2-3-5-10-7;/h2*2-5H,1H3,(H3,9,12,13);/q;;+3. The summed E-state index contributed by atoms with van der Waals surface area (Å²) in [6, 6.07) is 11.2. The van der Waals surface area contributed by atoms with Crippen molar-refractivity contribution in [2.24, 2.45) is 21.7 Å². The van der Waals surface area contributed by atoms with Gasteiger partial charge in [-0.15, -0.1) is 0 Å². The van der Waals surface area contributed by atoms with E-state index in [-0.39, 0.29) is 30.0 Å². The Kier molecular flexibility index (Phi) is 12.6. The van der Waals surface area contributed by atoms with Crippen LogP contribution < -0.4 is 22.3 Å². The van der Waals surface area contributed by atoms with Crippen LogP contribution in [-0.4, -0.2) is 51.4 Å². The van der Waals surface area contributed by atoms with Crippen LogP contribution in [0.2, 0.25) is 0 Å². The third-order valence-corrected chi connectivity index (χ3v) is 2.92. The molecule has 8 nitrogen and oxygen atoms in total. The first kappa shape index (κ1) is 24.7. The second-order valence-corrected chi connectivity index (χ2v) is 5.66. The zero-order chi connectivity index (χ0) is 19.4. The third kappa shape index (κ3) is 11.1. The summed E-state index contributed by atoms with van der Waals surface area (Å²) in [5, 5.41) is 8.16. The van der Waals surface area contributed by atoms with E-state index in [2.05, 4.69) is 55.5 Å². The molecular weight excluding hydrogens is 438 g/mol. The first-order valence-corrected chi connectivity index (χ1v) is 8.24. The molecule has 0 unspecified atom stereocenters. The van der Waals surface area contributed by atoms with Crippen molar-refractivity contribution in [3.63, 3.8) is 0 Å². The zero-order valence-corrected chi connectivity index (χ0v) is 19.0. The van der Waals surface area contributed by atoms with E-state index in [1.807, 2.05) is 50.2 Å². The molecule has 0 atom stereocenters. The maximum atomic E-state index is 5.21. The van der Waals surface area contributed by atoms with Gasteiger partial charge in [0.2, 0.25) is 0 Å². The van der Waals surface area contributed by atoms with Crippen molar-refractivity contribution >= 4 is 65.9 Å². The number of nitrogens with zero attached hydrogens (tertiary/aromatic N) is 4. The van der Waals surface area contributed by atoms with E-state index >= 15 is 0 Å². The van der Waals surface area contributed by atoms with Crippen molar-refractivity contribution in [3.05, 3.63) is 60.2 Å². The number of nitrogens with one attached hydrogen (secondary N) is 2. The predicted molar refractivity (Wildman–Crippen MR) is 118 cm³/mol. The molecule has 6 N–H and O–H groups in total. The molecule has 136 valence electrons. The number of pyridine rings is 2. The summed E-state index contributed by atoms with van der Waals surface area (Å²) in [5.41, 5.74) is 18.5. The van der Waals surface area contributed by atoms with Gasteiger partial charge in [0.25, 0.3) is 0 Å². The van der Waals surface area contributed by atoms with Gasteiger partial charge in [-0.25, -0.2) is 0 Å². The van der Waals surface area contributed by atoms with Crippen molar-refractivity contribution < 1.29 is 0 Å². The molecule has 0 saturated carbocycles. The van der Waals surface area contributed by atoms with Gasteiger partial charge in [-0.3, -0.25) is 20.8 Å². The monoisotopic (exact) mass is 457 g/mol. The molecule has 0 fully saturated rings. The Labute approximate surface area is 182 Å². The first-order chi connectivity index (χ1) is 12.4. The van der Waals surface area contributed by atoms with Crippen LogP contribution in [0.1, 0.15) is 25.2 Å². The minimum absolute atomic E-state index is 0. The van der Waals surface area contributed by atoms with Gasteiger partial charge in [-0.1, -0.05) is 12.1 Å². The summed E-state index contributed by atoms with van der Waals surface area (Å²) in [6.07, 6.45) is 3.41. The molecule has 0 aliphatic heterocycles. The molecule has 0 amide bonds. The number of hydrazone groups is 2. The fourth-order valence-corrected chi connectivity index (χ4v) is 1.64. The van der Waals surface area contributed by atoms with Gasteiger partial charge in [0.1, 0.15) is 0 Å². The van der Waals surface area contributed by atoms with Crippen LogP contribution in [0.15, 0.2) is 59.0 Å². The van der Waals surface area contributed by atoms with Gasteiger partial charge >= 0.3 is 19.8 Å². The second-order valence-electron chi connectivity index (χ2n) is 4.78. The molecule has 0 spiro atoms. The summed E-state index contributed by atoms with van der Waals surface area (Å²) in [7, 11) is 0. The molecule has 2 aromatic rings. The first-order valence-electron chi connectivity index (χ1n) is 7.42. The number of aromatic nitrogens is 2. The third-order valence-electron chi connectivity index (χ3n) is 2.74. The van der Waals surface area contributed by atoms with Crippen LogP contribution in [0.3, 0.4) is 0 Å². The van der Waals surface area contributed by atoms with Gasteiger partial charge in [0.05, 0.1) is 22.8 Å². The number of rotatable bonds is 4. The van der Waals surface area contributed by atoms with Crippen LogP contribution in [0, 0.1) is 0 Å². The fraction of sp³-hybridized carbons (Fsp3) is 0.125. The predicted octanol–water partition coefficient (Wildman–Crippen LogP) is 0.897. The smallest absolute Gasteiger partial charge is 0.375 e. The summed E-state index contributed by atoms with van der Waals surface area (Å²) >= 11 is 9.21. The Morgan fingerprint density at radius 3 is 1.44 bits per heavy atom. The number of hydrogen-bond donors (Lipinski definition) is 4. The van der Waals surface area contributed by atoms with E-state index < -0.39 is 0 Å². The average Bonchev–Trinajstić information content (AvgIpc) is 2.66. The second kappa shape index (κ2) is 13.8. The van der Waals surface area contributed by atoms with Crippen molar-refractivity contribution in [1.82, 2.24) is 20.8 Å². The van der Waals surface area contributed by atoms with E-state index in [9.17, 15) is 0 Å². The zero-order valence-electron chi connectivity index (χ0n) is 15.0. The van der Waals surface area contributed by atoms with Crippen LogP contribution in [0.25, 0.3) is 0 Å². The van der Waals surface area contributed by atoms with Gasteiger partial charge in [-0.05, 0) is 62.5 Å². The van der Waals surface area contributed by atoms with E-state index in [1.165, 1.54) is 0 Å². The van der Waals surface area contributed by atoms with E-state index in [4.69, 9.17) is 11.5 Å². The van der Waals surface area contributed by atoms with Crippen molar-refractivity contribution in [3.8, 4) is 0 Å². The Balaban J connectivity index is 0.000000483. The maximum Gasteiger partial charge on any atom is 3.00 e. The average molecular weight is 458 g/mol. The fourth-order valence-electron chi connectivity index (χ4n) is 1.55. The summed E-state index contributed by atoms with van der Waals surface area (Å²) in [6.45, 7) is 3.65. The van der Waals surface area contributed by atoms with E-state index in [1.54, 1.807) is 12.4 Å². The molecule has 0 radical (unpaired) electrons. The van der Waals surface area contributed by atoms with Gasteiger partial charge in [-0.2, -0.15) is 10.2 Å². The topological polar surface area (TPSA) is 127 Å². The SMILES string of the molecule is CC(=NNC(N)=S)c1ccccn1.CC(=NNC(N)=S)c1ccccn1.[Ga+3]. The largest absolute Gasteiger partial charge is 3.00 e. The maximum absolute atomic E-state index is 5.21. The van der Waals surface area contributed by atoms with Crippen LogP contribution in [0.4, 0.5) is 0 Å². The van der Waals surface area contributed by atoms with Gasteiger partial charge in [0.15, 0.2) is 10.2 Å². The van der Waals surface area contributed by atoms with Crippen molar-refractivity contribution in [2.45, 2.75) is 13.8 Å². The van der Waals surface area contributed by atoms with Crippen LogP contribution >= 0.6 is 24.4 Å². The molecule has 2 aromatic heterocycles. The molecular formula is C16H20GaN8S2+3. The Morgan fingerprint density at radius 1 is 0.815 bits per heavy atom. The molecule has 27 heavy (non-hydrogen) atoms. The molecule has 2 rings (SSSR count).